The lowest BCUT2D eigenvalue weighted by atomic mass is 10.0. The van der Waals surface area contributed by atoms with Crippen LogP contribution in [0.1, 0.15) is 25.7 Å². The number of aromatic amines is 1. The van der Waals surface area contributed by atoms with E-state index in [9.17, 15) is 9.59 Å². The van der Waals surface area contributed by atoms with E-state index in [-0.39, 0.29) is 17.9 Å². The number of carbonyl (C=O) groups excluding carboxylic acids is 1. The van der Waals surface area contributed by atoms with Crippen LogP contribution in [0.2, 0.25) is 0 Å². The van der Waals surface area contributed by atoms with Crippen molar-refractivity contribution in [2.75, 3.05) is 23.3 Å². The number of hydrogen-bond acceptors (Lipinski definition) is 4. The zero-order valence-corrected chi connectivity index (χ0v) is 15.7. The summed E-state index contributed by atoms with van der Waals surface area (Å²) in [5, 5.41) is 15.5. The van der Waals surface area contributed by atoms with Gasteiger partial charge in [-0.25, -0.2) is 9.78 Å². The van der Waals surface area contributed by atoms with E-state index in [0.717, 1.165) is 47.8 Å². The molecule has 2 fully saturated rings. The van der Waals surface area contributed by atoms with Gasteiger partial charge < -0.3 is 25.6 Å². The number of halogens is 1. The lowest BCUT2D eigenvalue weighted by Crippen LogP contribution is -2.47. The monoisotopic (exact) mass is 421 g/mol. The summed E-state index contributed by atoms with van der Waals surface area (Å²) in [5.41, 5.74) is 2.34. The number of nitrogens with zero attached hydrogens (tertiary/aromatic N) is 2. The molecule has 0 aromatic carbocycles. The van der Waals surface area contributed by atoms with Crippen LogP contribution >= 0.6 is 15.9 Å². The van der Waals surface area contributed by atoms with Gasteiger partial charge in [-0.15, -0.1) is 0 Å². The van der Waals surface area contributed by atoms with Crippen LogP contribution in [0, 0.1) is 5.92 Å². The number of carbonyl (C=O) groups is 2. The second-order valence-corrected chi connectivity index (χ2v) is 7.73. The van der Waals surface area contributed by atoms with Gasteiger partial charge in [0.1, 0.15) is 5.65 Å². The summed E-state index contributed by atoms with van der Waals surface area (Å²) in [6.45, 7) is 1.39. The Balaban J connectivity index is 1.68. The van der Waals surface area contributed by atoms with Gasteiger partial charge in [0.15, 0.2) is 0 Å². The molecule has 0 spiro atoms. The first-order valence-electron chi connectivity index (χ1n) is 8.74. The van der Waals surface area contributed by atoms with Crippen molar-refractivity contribution in [1.29, 1.82) is 0 Å². The van der Waals surface area contributed by atoms with Crippen molar-refractivity contribution < 1.29 is 14.7 Å². The van der Waals surface area contributed by atoms with Crippen molar-refractivity contribution in [1.82, 2.24) is 15.3 Å². The highest BCUT2D eigenvalue weighted by Gasteiger charge is 2.31. The maximum atomic E-state index is 12.2. The molecule has 2 aromatic rings. The summed E-state index contributed by atoms with van der Waals surface area (Å²) in [7, 11) is 0. The second-order valence-electron chi connectivity index (χ2n) is 6.88. The Morgan fingerprint density at radius 3 is 2.88 bits per heavy atom. The van der Waals surface area contributed by atoms with E-state index in [2.05, 4.69) is 41.4 Å². The third kappa shape index (κ3) is 3.35. The number of aromatic nitrogens is 2. The van der Waals surface area contributed by atoms with Crippen LogP contribution in [0.5, 0.6) is 0 Å². The highest BCUT2D eigenvalue weighted by Crippen LogP contribution is 2.39. The van der Waals surface area contributed by atoms with Crippen LogP contribution in [0.4, 0.5) is 16.2 Å². The summed E-state index contributed by atoms with van der Waals surface area (Å²) in [6.07, 6.45) is 6.08. The van der Waals surface area contributed by atoms with Gasteiger partial charge in [0, 0.05) is 37.4 Å². The Hall–Kier alpha value is -2.29. The van der Waals surface area contributed by atoms with Gasteiger partial charge in [0.2, 0.25) is 5.91 Å². The van der Waals surface area contributed by atoms with Crippen LogP contribution < -0.4 is 15.5 Å². The Morgan fingerprint density at radius 1 is 1.35 bits per heavy atom. The molecular weight excluding hydrogens is 402 g/mol. The summed E-state index contributed by atoms with van der Waals surface area (Å²) in [5.74, 6) is 0.156. The first-order valence-corrected chi connectivity index (χ1v) is 9.53. The fraction of sp³-hybridized carbons (Fsp3) is 0.471. The minimum Gasteiger partial charge on any atom is -0.465 e. The van der Waals surface area contributed by atoms with Gasteiger partial charge in [0.25, 0.3) is 0 Å². The molecule has 3 heterocycles. The number of hydrogen-bond donors (Lipinski definition) is 4. The molecule has 0 bridgehead atoms. The van der Waals surface area contributed by atoms with E-state index in [1.807, 2.05) is 0 Å². The molecule has 8 nitrogen and oxygen atoms in total. The third-order valence-electron chi connectivity index (χ3n) is 4.90. The number of H-pyrrole nitrogens is 1. The highest BCUT2D eigenvalue weighted by atomic mass is 79.9. The van der Waals surface area contributed by atoms with Gasteiger partial charge in [-0.2, -0.15) is 0 Å². The van der Waals surface area contributed by atoms with Crippen LogP contribution in [-0.4, -0.2) is 46.2 Å². The summed E-state index contributed by atoms with van der Waals surface area (Å²) in [4.78, 5) is 32.9. The van der Waals surface area contributed by atoms with Crippen molar-refractivity contribution >= 4 is 50.3 Å². The molecule has 138 valence electrons. The molecule has 1 atom stereocenters. The third-order valence-corrected chi connectivity index (χ3v) is 5.48. The molecule has 1 aliphatic heterocycles. The number of fused-ring (bicyclic) bond motifs is 1. The van der Waals surface area contributed by atoms with Crippen molar-refractivity contribution in [2.24, 2.45) is 5.92 Å². The first-order chi connectivity index (χ1) is 12.5. The van der Waals surface area contributed by atoms with E-state index < -0.39 is 6.09 Å². The number of rotatable bonds is 4. The lowest BCUT2D eigenvalue weighted by Gasteiger charge is -2.35. The van der Waals surface area contributed by atoms with E-state index in [0.29, 0.717) is 17.9 Å². The largest absolute Gasteiger partial charge is 0.465 e. The summed E-state index contributed by atoms with van der Waals surface area (Å²) in [6, 6.07) is -0.125. The molecule has 26 heavy (non-hydrogen) atoms. The van der Waals surface area contributed by atoms with Crippen molar-refractivity contribution in [3.8, 4) is 0 Å². The molecule has 0 radical (unpaired) electrons. The fourth-order valence-electron chi connectivity index (χ4n) is 3.52. The second kappa shape index (κ2) is 6.79. The smallest absolute Gasteiger partial charge is 0.404 e. The molecule has 2 aromatic heterocycles. The zero-order chi connectivity index (χ0) is 18.3. The van der Waals surface area contributed by atoms with Crippen molar-refractivity contribution in [2.45, 2.75) is 31.7 Å². The molecule has 9 heteroatoms. The Kier molecular flexibility index (Phi) is 4.47. The molecule has 1 unspecified atom stereocenters. The average molecular weight is 422 g/mol. The quantitative estimate of drug-likeness (QED) is 0.606. The molecule has 1 saturated heterocycles. The van der Waals surface area contributed by atoms with Crippen LogP contribution in [0.25, 0.3) is 11.0 Å². The Morgan fingerprint density at radius 2 is 2.15 bits per heavy atom. The van der Waals surface area contributed by atoms with Gasteiger partial charge in [-0.1, -0.05) is 0 Å². The van der Waals surface area contributed by atoms with E-state index >= 15 is 0 Å². The topological polar surface area (TPSA) is 110 Å². The molecule has 4 N–H and O–H groups in total. The lowest BCUT2D eigenvalue weighted by molar-refractivity contribution is -0.117. The molecule has 2 aliphatic rings. The van der Waals surface area contributed by atoms with E-state index in [1.54, 1.807) is 12.4 Å². The predicted molar refractivity (Wildman–Crippen MR) is 102 cm³/mol. The zero-order valence-electron chi connectivity index (χ0n) is 14.1. The maximum Gasteiger partial charge on any atom is 0.404 e. The molecule has 4 rings (SSSR count). The standard InChI is InChI=1S/C17H20BrN5O3/c18-11-6-19-15-13(12(7-20-15)22-16(24)9-3-4-9)14(11)23-5-1-2-10(8-23)21-17(25)26/h6-7,9-10,21H,1-5,8H2,(H,19,20)(H,22,24)(H,25,26). The minimum atomic E-state index is -1.00. The molecule has 2 amide bonds. The normalized spacial score (nSPS) is 20.2. The Bertz CT molecular complexity index is 863. The van der Waals surface area contributed by atoms with Gasteiger partial charge in [-0.3, -0.25) is 4.79 Å². The van der Waals surface area contributed by atoms with Gasteiger partial charge in [0.05, 0.1) is 21.2 Å². The SMILES string of the molecule is O=C(O)NC1CCCN(c2c(Br)cnc3[nH]cc(NC(=O)C4CC4)c23)C1. The summed E-state index contributed by atoms with van der Waals surface area (Å²) < 4.78 is 0.822. The first kappa shape index (κ1) is 17.1. The number of nitrogens with one attached hydrogen (secondary N) is 3. The predicted octanol–water partition coefficient (Wildman–Crippen LogP) is 2.91. The van der Waals surface area contributed by atoms with Gasteiger partial charge in [-0.05, 0) is 41.6 Å². The van der Waals surface area contributed by atoms with Crippen molar-refractivity contribution in [3.05, 3.63) is 16.9 Å². The number of pyridine rings is 1. The summed E-state index contributed by atoms with van der Waals surface area (Å²) >= 11 is 3.58. The van der Waals surface area contributed by atoms with Crippen molar-refractivity contribution in [3.63, 3.8) is 0 Å². The van der Waals surface area contributed by atoms with Crippen LogP contribution in [0.15, 0.2) is 16.9 Å². The fourth-order valence-corrected chi connectivity index (χ4v) is 4.07. The number of carboxylic acid groups (broad SMARTS) is 1. The minimum absolute atomic E-state index is 0.0425. The molecule has 1 aliphatic carbocycles. The van der Waals surface area contributed by atoms with Crippen LogP contribution in [-0.2, 0) is 4.79 Å². The Labute approximate surface area is 158 Å². The van der Waals surface area contributed by atoms with Crippen LogP contribution in [0.3, 0.4) is 0 Å². The average Bonchev–Trinajstić information content (AvgIpc) is 3.38. The van der Waals surface area contributed by atoms with E-state index in [1.165, 1.54) is 0 Å². The number of piperidine rings is 1. The highest BCUT2D eigenvalue weighted by molar-refractivity contribution is 9.10. The van der Waals surface area contributed by atoms with Gasteiger partial charge >= 0.3 is 6.09 Å². The molecular formula is C17H20BrN5O3. The maximum absolute atomic E-state index is 12.2. The molecule has 1 saturated carbocycles. The van der Waals surface area contributed by atoms with E-state index in [4.69, 9.17) is 5.11 Å². The number of amides is 2. The number of anilines is 2.